The van der Waals surface area contributed by atoms with Crippen LogP contribution in [0.1, 0.15) is 67.2 Å². The van der Waals surface area contributed by atoms with Crippen molar-refractivity contribution in [2.24, 2.45) is 11.8 Å². The summed E-state index contributed by atoms with van der Waals surface area (Å²) >= 11 is 0. The predicted molar refractivity (Wildman–Crippen MR) is 131 cm³/mol. The van der Waals surface area contributed by atoms with Gasteiger partial charge in [0.25, 0.3) is 5.91 Å². The van der Waals surface area contributed by atoms with E-state index in [1.54, 1.807) is 63.2 Å². The van der Waals surface area contributed by atoms with Gasteiger partial charge in [-0.15, -0.1) is 0 Å². The second-order valence-corrected chi connectivity index (χ2v) is 9.90. The Morgan fingerprint density at radius 2 is 1.43 bits per heavy atom. The lowest BCUT2D eigenvalue weighted by Crippen LogP contribution is -2.39. The van der Waals surface area contributed by atoms with Crippen LogP contribution in [0.2, 0.25) is 0 Å². The Labute approximate surface area is 206 Å². The number of likely N-dealkylation sites (tertiary alicyclic amines) is 1. The molecule has 2 aromatic rings. The molecular weight excluding hydrogens is 446 g/mol. The maximum atomic E-state index is 12.9. The Balaban J connectivity index is 1.62. The molecule has 1 heterocycles. The second kappa shape index (κ2) is 11.8. The van der Waals surface area contributed by atoms with Gasteiger partial charge in [0.15, 0.2) is 0 Å². The van der Waals surface area contributed by atoms with Crippen molar-refractivity contribution >= 4 is 23.8 Å². The molecule has 0 unspecified atom stereocenters. The number of carbonyl (C=O) groups excluding carboxylic acids is 4. The van der Waals surface area contributed by atoms with Crippen molar-refractivity contribution in [1.82, 2.24) is 4.90 Å². The molecule has 1 amide bonds. The third-order valence-electron chi connectivity index (χ3n) is 5.91. The molecule has 3 rings (SSSR count). The third-order valence-corrected chi connectivity index (χ3v) is 5.91. The van der Waals surface area contributed by atoms with E-state index in [1.165, 1.54) is 0 Å². The van der Waals surface area contributed by atoms with Crippen molar-refractivity contribution in [2.75, 3.05) is 13.1 Å². The number of esters is 3. The number of hydrogen-bond acceptors (Lipinski definition) is 6. The lowest BCUT2D eigenvalue weighted by Gasteiger charge is -2.33. The summed E-state index contributed by atoms with van der Waals surface area (Å²) in [6.45, 7) is 6.41. The standard InChI is InChI=1S/C28H33NO6/c1-28(2,3)35-24(30)19-23(27(33)34-26(32)22-12-8-5-9-13-22)18-20-14-16-29(17-15-20)25(31)21-10-6-4-7-11-21/h4-13,20,23H,14-19H2,1-3H3/t23-/m1/s1. The van der Waals surface area contributed by atoms with Crippen LogP contribution in [0, 0.1) is 11.8 Å². The number of ether oxygens (including phenoxy) is 2. The molecule has 1 atom stereocenters. The monoisotopic (exact) mass is 479 g/mol. The number of carbonyl (C=O) groups is 4. The van der Waals surface area contributed by atoms with Crippen molar-refractivity contribution in [1.29, 1.82) is 0 Å². The molecule has 0 radical (unpaired) electrons. The zero-order valence-electron chi connectivity index (χ0n) is 20.6. The number of hydrogen-bond donors (Lipinski definition) is 0. The van der Waals surface area contributed by atoms with Crippen LogP contribution in [0.25, 0.3) is 0 Å². The summed E-state index contributed by atoms with van der Waals surface area (Å²) in [4.78, 5) is 52.4. The van der Waals surface area contributed by atoms with Gasteiger partial charge >= 0.3 is 17.9 Å². The highest BCUT2D eigenvalue weighted by atomic mass is 16.6. The summed E-state index contributed by atoms with van der Waals surface area (Å²) in [6.07, 6.45) is 1.61. The van der Waals surface area contributed by atoms with Gasteiger partial charge in [0, 0.05) is 18.7 Å². The topological polar surface area (TPSA) is 90.0 Å². The number of nitrogens with zero attached hydrogens (tertiary/aromatic N) is 1. The Hall–Kier alpha value is -3.48. The predicted octanol–water partition coefficient (Wildman–Crippen LogP) is 4.66. The zero-order chi connectivity index (χ0) is 25.4. The van der Waals surface area contributed by atoms with Gasteiger partial charge in [-0.2, -0.15) is 0 Å². The van der Waals surface area contributed by atoms with Gasteiger partial charge in [0.1, 0.15) is 5.60 Å². The maximum Gasteiger partial charge on any atom is 0.345 e. The summed E-state index contributed by atoms with van der Waals surface area (Å²) in [5, 5.41) is 0. The van der Waals surface area contributed by atoms with Crippen LogP contribution in [0.15, 0.2) is 60.7 Å². The van der Waals surface area contributed by atoms with E-state index in [1.807, 2.05) is 23.1 Å². The van der Waals surface area contributed by atoms with Gasteiger partial charge in [-0.3, -0.25) is 14.4 Å². The molecule has 0 saturated carbocycles. The van der Waals surface area contributed by atoms with E-state index >= 15 is 0 Å². The molecule has 2 aromatic carbocycles. The largest absolute Gasteiger partial charge is 0.460 e. The highest BCUT2D eigenvalue weighted by molar-refractivity contribution is 5.98. The molecule has 1 aliphatic rings. The number of piperidine rings is 1. The maximum absolute atomic E-state index is 12.9. The van der Waals surface area contributed by atoms with Crippen LogP contribution in [0.3, 0.4) is 0 Å². The van der Waals surface area contributed by atoms with Crippen LogP contribution in [0.4, 0.5) is 0 Å². The minimum atomic E-state index is -0.807. The highest BCUT2D eigenvalue weighted by Crippen LogP contribution is 2.28. The third kappa shape index (κ3) is 8.05. The first kappa shape index (κ1) is 26.1. The minimum Gasteiger partial charge on any atom is -0.460 e. The van der Waals surface area contributed by atoms with E-state index in [9.17, 15) is 19.2 Å². The van der Waals surface area contributed by atoms with Gasteiger partial charge in [0.2, 0.25) is 0 Å². The fourth-order valence-corrected chi connectivity index (χ4v) is 4.19. The van der Waals surface area contributed by atoms with Gasteiger partial charge in [-0.1, -0.05) is 36.4 Å². The molecule has 1 aliphatic heterocycles. The Morgan fingerprint density at radius 3 is 1.97 bits per heavy atom. The first-order chi connectivity index (χ1) is 16.6. The molecule has 0 bridgehead atoms. The van der Waals surface area contributed by atoms with Crippen LogP contribution in [0.5, 0.6) is 0 Å². The van der Waals surface area contributed by atoms with Crippen LogP contribution < -0.4 is 0 Å². The molecule has 1 fully saturated rings. The molecular formula is C28H33NO6. The van der Waals surface area contributed by atoms with Gasteiger partial charge in [-0.05, 0) is 70.2 Å². The molecule has 0 N–H and O–H groups in total. The molecule has 0 spiro atoms. The number of amides is 1. The van der Waals surface area contributed by atoms with E-state index in [0.29, 0.717) is 37.9 Å². The summed E-state index contributed by atoms with van der Waals surface area (Å²) in [5.41, 5.74) is 0.232. The van der Waals surface area contributed by atoms with Gasteiger partial charge in [0.05, 0.1) is 17.9 Å². The zero-order valence-corrected chi connectivity index (χ0v) is 20.6. The smallest absolute Gasteiger partial charge is 0.345 e. The van der Waals surface area contributed by atoms with E-state index < -0.39 is 29.4 Å². The molecule has 1 saturated heterocycles. The van der Waals surface area contributed by atoms with Crippen LogP contribution >= 0.6 is 0 Å². The van der Waals surface area contributed by atoms with Gasteiger partial charge in [-0.25, -0.2) is 4.79 Å². The average molecular weight is 480 g/mol. The fourth-order valence-electron chi connectivity index (χ4n) is 4.19. The van der Waals surface area contributed by atoms with Crippen molar-refractivity contribution in [3.63, 3.8) is 0 Å². The van der Waals surface area contributed by atoms with Gasteiger partial charge < -0.3 is 14.4 Å². The summed E-state index contributed by atoms with van der Waals surface area (Å²) in [7, 11) is 0. The average Bonchev–Trinajstić information content (AvgIpc) is 2.83. The van der Waals surface area contributed by atoms with Crippen molar-refractivity contribution < 1.29 is 28.7 Å². The lowest BCUT2D eigenvalue weighted by molar-refractivity contribution is -0.160. The van der Waals surface area contributed by atoms with E-state index in [4.69, 9.17) is 9.47 Å². The molecule has 35 heavy (non-hydrogen) atoms. The fraction of sp³-hybridized carbons (Fsp3) is 0.429. The van der Waals surface area contributed by atoms with E-state index in [-0.39, 0.29) is 23.8 Å². The minimum absolute atomic E-state index is 0.0118. The summed E-state index contributed by atoms with van der Waals surface area (Å²) < 4.78 is 10.5. The Kier molecular flexibility index (Phi) is 8.79. The van der Waals surface area contributed by atoms with Crippen LogP contribution in [-0.2, 0) is 19.1 Å². The summed E-state index contributed by atoms with van der Waals surface area (Å²) in [5.74, 6) is -2.69. The van der Waals surface area contributed by atoms with Crippen molar-refractivity contribution in [2.45, 2.75) is 52.1 Å². The SMILES string of the molecule is CC(C)(C)OC(=O)C[C@@H](CC1CCN(C(=O)c2ccccc2)CC1)C(=O)OC(=O)c1ccccc1. The second-order valence-electron chi connectivity index (χ2n) is 9.90. The first-order valence-electron chi connectivity index (χ1n) is 12.0. The Morgan fingerprint density at radius 1 is 0.886 bits per heavy atom. The summed E-state index contributed by atoms with van der Waals surface area (Å²) in [6, 6.07) is 17.4. The molecule has 7 nitrogen and oxygen atoms in total. The van der Waals surface area contributed by atoms with Crippen molar-refractivity contribution in [3.05, 3.63) is 71.8 Å². The van der Waals surface area contributed by atoms with Crippen LogP contribution in [-0.4, -0.2) is 47.4 Å². The normalized spacial score (nSPS) is 15.2. The lowest BCUT2D eigenvalue weighted by atomic mass is 9.85. The van der Waals surface area contributed by atoms with E-state index in [0.717, 1.165) is 0 Å². The Bertz CT molecular complexity index is 1020. The first-order valence-corrected chi connectivity index (χ1v) is 12.0. The van der Waals surface area contributed by atoms with Crippen molar-refractivity contribution in [3.8, 4) is 0 Å². The highest BCUT2D eigenvalue weighted by Gasteiger charge is 2.33. The molecule has 0 aliphatic carbocycles. The quantitative estimate of drug-likeness (QED) is 0.424. The molecule has 0 aromatic heterocycles. The van der Waals surface area contributed by atoms with E-state index in [2.05, 4.69) is 0 Å². The molecule has 7 heteroatoms. The number of rotatable bonds is 7. The number of benzene rings is 2. The molecule has 186 valence electrons.